The lowest BCUT2D eigenvalue weighted by atomic mass is 9.90. The number of methoxy groups -OCH3 is 1. The zero-order valence-electron chi connectivity index (χ0n) is 15.1. The maximum absolute atomic E-state index is 9.78. The number of ether oxygens (including phenoxy) is 1. The summed E-state index contributed by atoms with van der Waals surface area (Å²) in [5.74, 6) is 0.671. The molecule has 128 valence electrons. The van der Waals surface area contributed by atoms with E-state index in [0.29, 0.717) is 12.0 Å². The summed E-state index contributed by atoms with van der Waals surface area (Å²) < 4.78 is 5.20. The predicted octanol–water partition coefficient (Wildman–Crippen LogP) is 2.51. The Hall–Kier alpha value is -0.160. The summed E-state index contributed by atoms with van der Waals surface area (Å²) in [6.07, 6.45) is 3.08. The Labute approximate surface area is 132 Å². The SMILES string of the molecule is CCC(CO)(CCCN(CCOC)CC(C)C)NC(C)C. The molecule has 2 N–H and O–H groups in total. The predicted molar refractivity (Wildman–Crippen MR) is 90.8 cm³/mol. The lowest BCUT2D eigenvalue weighted by molar-refractivity contribution is 0.117. The summed E-state index contributed by atoms with van der Waals surface area (Å²) in [5, 5.41) is 13.3. The zero-order chi connectivity index (χ0) is 16.3. The molecule has 0 rings (SSSR count). The standard InChI is InChI=1S/C17H38N2O2/c1-7-17(14-20,18-16(4)5)9-8-10-19(11-12-21-6)13-15(2)3/h15-16,18,20H,7-14H2,1-6H3. The Morgan fingerprint density at radius 1 is 1.19 bits per heavy atom. The summed E-state index contributed by atoms with van der Waals surface area (Å²) in [4.78, 5) is 2.47. The number of rotatable bonds is 13. The van der Waals surface area contributed by atoms with Crippen LogP contribution in [0, 0.1) is 5.92 Å². The van der Waals surface area contributed by atoms with E-state index in [1.54, 1.807) is 7.11 Å². The van der Waals surface area contributed by atoms with Gasteiger partial charge in [0.1, 0.15) is 0 Å². The van der Waals surface area contributed by atoms with Crippen LogP contribution in [-0.4, -0.2) is 61.5 Å². The summed E-state index contributed by atoms with van der Waals surface area (Å²) in [6.45, 7) is 15.1. The number of nitrogens with zero attached hydrogens (tertiary/aromatic N) is 1. The molecule has 21 heavy (non-hydrogen) atoms. The van der Waals surface area contributed by atoms with Crippen molar-refractivity contribution in [2.75, 3.05) is 40.0 Å². The molecule has 0 heterocycles. The highest BCUT2D eigenvalue weighted by atomic mass is 16.5. The van der Waals surface area contributed by atoms with Crippen LogP contribution in [0.2, 0.25) is 0 Å². The van der Waals surface area contributed by atoms with Gasteiger partial charge in [-0.15, -0.1) is 0 Å². The van der Waals surface area contributed by atoms with Gasteiger partial charge in [-0.1, -0.05) is 34.6 Å². The summed E-state index contributed by atoms with van der Waals surface area (Å²) >= 11 is 0. The molecule has 0 aromatic heterocycles. The highest BCUT2D eigenvalue weighted by Crippen LogP contribution is 2.18. The monoisotopic (exact) mass is 302 g/mol. The Balaban J connectivity index is 4.35. The quantitative estimate of drug-likeness (QED) is 0.549. The van der Waals surface area contributed by atoms with Crippen LogP contribution in [0.15, 0.2) is 0 Å². The van der Waals surface area contributed by atoms with Crippen molar-refractivity contribution < 1.29 is 9.84 Å². The summed E-state index contributed by atoms with van der Waals surface area (Å²) in [5.41, 5.74) is -0.126. The van der Waals surface area contributed by atoms with Gasteiger partial charge in [-0.3, -0.25) is 0 Å². The number of hydrogen-bond acceptors (Lipinski definition) is 4. The molecule has 1 atom stereocenters. The molecule has 4 heteroatoms. The Bertz CT molecular complexity index is 241. The van der Waals surface area contributed by atoms with Crippen molar-refractivity contribution in [3.63, 3.8) is 0 Å². The minimum Gasteiger partial charge on any atom is -0.394 e. The Kier molecular flexibility index (Phi) is 11.3. The number of nitrogens with one attached hydrogen (secondary N) is 1. The van der Waals surface area contributed by atoms with Crippen molar-refractivity contribution in [3.8, 4) is 0 Å². The van der Waals surface area contributed by atoms with Crippen molar-refractivity contribution in [1.82, 2.24) is 10.2 Å². The van der Waals surface area contributed by atoms with Crippen LogP contribution >= 0.6 is 0 Å². The van der Waals surface area contributed by atoms with Gasteiger partial charge in [0.25, 0.3) is 0 Å². The van der Waals surface area contributed by atoms with Gasteiger partial charge in [0.15, 0.2) is 0 Å². The van der Waals surface area contributed by atoms with Gasteiger partial charge in [-0.25, -0.2) is 0 Å². The zero-order valence-corrected chi connectivity index (χ0v) is 15.1. The maximum Gasteiger partial charge on any atom is 0.0613 e. The van der Waals surface area contributed by atoms with Gasteiger partial charge in [0.2, 0.25) is 0 Å². The lowest BCUT2D eigenvalue weighted by Gasteiger charge is -2.35. The largest absolute Gasteiger partial charge is 0.394 e. The fourth-order valence-electron chi connectivity index (χ4n) is 2.87. The third-order valence-electron chi connectivity index (χ3n) is 3.94. The molecule has 0 aromatic carbocycles. The van der Waals surface area contributed by atoms with Gasteiger partial charge < -0.3 is 20.1 Å². The van der Waals surface area contributed by atoms with Crippen molar-refractivity contribution in [2.45, 2.75) is 65.5 Å². The van der Waals surface area contributed by atoms with Crippen molar-refractivity contribution >= 4 is 0 Å². The van der Waals surface area contributed by atoms with E-state index in [9.17, 15) is 5.11 Å². The van der Waals surface area contributed by atoms with Crippen LogP contribution in [0.3, 0.4) is 0 Å². The van der Waals surface area contributed by atoms with E-state index < -0.39 is 0 Å². The van der Waals surface area contributed by atoms with E-state index in [0.717, 1.165) is 45.5 Å². The van der Waals surface area contributed by atoms with Gasteiger partial charge in [0, 0.05) is 31.8 Å². The topological polar surface area (TPSA) is 44.7 Å². The fourth-order valence-corrected chi connectivity index (χ4v) is 2.87. The van der Waals surface area contributed by atoms with Crippen molar-refractivity contribution in [2.24, 2.45) is 5.92 Å². The van der Waals surface area contributed by atoms with Gasteiger partial charge in [-0.2, -0.15) is 0 Å². The Morgan fingerprint density at radius 3 is 2.29 bits per heavy atom. The van der Waals surface area contributed by atoms with E-state index in [2.05, 4.69) is 44.8 Å². The van der Waals surface area contributed by atoms with Gasteiger partial charge in [0.05, 0.1) is 13.2 Å². The summed E-state index contributed by atoms with van der Waals surface area (Å²) in [7, 11) is 1.76. The molecule has 0 aliphatic rings. The third kappa shape index (κ3) is 9.46. The van der Waals surface area contributed by atoms with E-state index in [1.165, 1.54) is 0 Å². The van der Waals surface area contributed by atoms with Crippen LogP contribution in [0.25, 0.3) is 0 Å². The number of hydrogen-bond donors (Lipinski definition) is 2. The second kappa shape index (κ2) is 11.4. The smallest absolute Gasteiger partial charge is 0.0613 e. The molecule has 0 fully saturated rings. The van der Waals surface area contributed by atoms with E-state index in [4.69, 9.17) is 4.74 Å². The number of aliphatic hydroxyl groups is 1. The first-order chi connectivity index (χ1) is 9.89. The first-order valence-corrected chi connectivity index (χ1v) is 8.49. The molecule has 0 saturated heterocycles. The molecule has 0 amide bonds. The molecule has 0 spiro atoms. The van der Waals surface area contributed by atoms with Crippen LogP contribution in [-0.2, 0) is 4.74 Å². The molecule has 0 aliphatic carbocycles. The first-order valence-electron chi connectivity index (χ1n) is 8.49. The molecule has 0 radical (unpaired) electrons. The van der Waals surface area contributed by atoms with Crippen LogP contribution in [0.5, 0.6) is 0 Å². The van der Waals surface area contributed by atoms with E-state index >= 15 is 0 Å². The number of aliphatic hydroxyl groups excluding tert-OH is 1. The fraction of sp³-hybridized carbons (Fsp3) is 1.00. The molecule has 4 nitrogen and oxygen atoms in total. The van der Waals surface area contributed by atoms with Crippen LogP contribution in [0.4, 0.5) is 0 Å². The molecule has 0 aromatic rings. The molecule has 0 saturated carbocycles. The van der Waals surface area contributed by atoms with Gasteiger partial charge >= 0.3 is 0 Å². The average molecular weight is 303 g/mol. The van der Waals surface area contributed by atoms with Crippen LogP contribution < -0.4 is 5.32 Å². The van der Waals surface area contributed by atoms with E-state index in [1.807, 2.05) is 0 Å². The van der Waals surface area contributed by atoms with Crippen LogP contribution in [0.1, 0.15) is 53.9 Å². The first kappa shape index (κ1) is 20.8. The van der Waals surface area contributed by atoms with Gasteiger partial charge in [-0.05, 0) is 31.7 Å². The molecular weight excluding hydrogens is 264 g/mol. The normalized spacial score (nSPS) is 15.1. The van der Waals surface area contributed by atoms with Crippen molar-refractivity contribution in [1.29, 1.82) is 0 Å². The van der Waals surface area contributed by atoms with Crippen molar-refractivity contribution in [3.05, 3.63) is 0 Å². The maximum atomic E-state index is 9.78. The minimum atomic E-state index is -0.126. The highest BCUT2D eigenvalue weighted by Gasteiger charge is 2.27. The second-order valence-corrected chi connectivity index (χ2v) is 6.88. The highest BCUT2D eigenvalue weighted by molar-refractivity contribution is 4.87. The molecule has 1 unspecified atom stereocenters. The second-order valence-electron chi connectivity index (χ2n) is 6.88. The third-order valence-corrected chi connectivity index (χ3v) is 3.94. The summed E-state index contributed by atoms with van der Waals surface area (Å²) in [6, 6.07) is 0.400. The lowest BCUT2D eigenvalue weighted by Crippen LogP contribution is -2.51. The van der Waals surface area contributed by atoms with E-state index in [-0.39, 0.29) is 12.1 Å². The molecule has 0 bridgehead atoms. The Morgan fingerprint density at radius 2 is 1.86 bits per heavy atom. The molecule has 0 aliphatic heterocycles. The molecular formula is C17H38N2O2. The minimum absolute atomic E-state index is 0.126. The average Bonchev–Trinajstić information content (AvgIpc) is 2.42.